The number of hydrogen-bond acceptors (Lipinski definition) is 3. The molecule has 1 atom stereocenters. The number of rotatable bonds is 6. The second kappa shape index (κ2) is 7.09. The molecule has 7 heteroatoms. The van der Waals surface area contributed by atoms with Crippen molar-refractivity contribution in [1.29, 1.82) is 0 Å². The average Bonchev–Trinajstić information content (AvgIpc) is 2.29. The molecule has 1 aromatic rings. The Morgan fingerprint density at radius 3 is 2.35 bits per heavy atom. The predicted molar refractivity (Wildman–Crippen MR) is 83.6 cm³/mol. The molecule has 0 fully saturated rings. The van der Waals surface area contributed by atoms with Crippen LogP contribution < -0.4 is 10.5 Å². The topological polar surface area (TPSA) is 72.2 Å². The normalized spacial score (nSPS) is 13.8. The number of nitrogens with two attached hydrogens (primary N) is 1. The highest BCUT2D eigenvalue weighted by Gasteiger charge is 2.23. The van der Waals surface area contributed by atoms with Gasteiger partial charge in [-0.2, -0.15) is 0 Å². The third kappa shape index (κ3) is 4.60. The highest BCUT2D eigenvalue weighted by atomic mass is 35.5. The molecule has 0 saturated heterocycles. The molecule has 4 nitrogen and oxygen atoms in total. The van der Waals surface area contributed by atoms with Gasteiger partial charge in [0, 0.05) is 17.6 Å². The fourth-order valence-corrected chi connectivity index (χ4v) is 4.24. The maximum Gasteiger partial charge on any atom is 0.242 e. The van der Waals surface area contributed by atoms with E-state index in [1.54, 1.807) is 6.07 Å². The Labute approximate surface area is 130 Å². The monoisotopic (exact) mass is 338 g/mol. The molecule has 0 radical (unpaired) electrons. The van der Waals surface area contributed by atoms with Crippen molar-refractivity contribution in [1.82, 2.24) is 4.72 Å². The average molecular weight is 339 g/mol. The summed E-state index contributed by atoms with van der Waals surface area (Å²) >= 11 is 12.0. The van der Waals surface area contributed by atoms with Gasteiger partial charge in [-0.1, -0.05) is 37.0 Å². The number of nitrogens with one attached hydrogen (secondary N) is 1. The van der Waals surface area contributed by atoms with E-state index in [0.717, 1.165) is 6.42 Å². The lowest BCUT2D eigenvalue weighted by Gasteiger charge is -2.17. The largest absolute Gasteiger partial charge is 0.326 e. The van der Waals surface area contributed by atoms with Gasteiger partial charge in [0.15, 0.2) is 0 Å². The van der Waals surface area contributed by atoms with E-state index in [1.807, 2.05) is 20.8 Å². The minimum atomic E-state index is -3.71. The van der Waals surface area contributed by atoms with Crippen LogP contribution in [0.15, 0.2) is 17.0 Å². The molecular formula is C13H20Cl2N2O2S. The predicted octanol–water partition coefficient (Wildman–Crippen LogP) is 3.17. The fraction of sp³-hybridized carbons (Fsp3) is 0.538. The van der Waals surface area contributed by atoms with Crippen LogP contribution in [-0.2, 0) is 16.6 Å². The van der Waals surface area contributed by atoms with Crippen LogP contribution in [0.1, 0.15) is 32.8 Å². The van der Waals surface area contributed by atoms with Crippen LogP contribution in [0.4, 0.5) is 0 Å². The Morgan fingerprint density at radius 2 is 1.85 bits per heavy atom. The Kier molecular flexibility index (Phi) is 6.28. The van der Waals surface area contributed by atoms with Gasteiger partial charge in [-0.25, -0.2) is 13.1 Å². The van der Waals surface area contributed by atoms with Crippen LogP contribution in [0.5, 0.6) is 0 Å². The van der Waals surface area contributed by atoms with E-state index in [-0.39, 0.29) is 22.5 Å². The molecule has 0 aromatic heterocycles. The minimum absolute atomic E-state index is 0.0253. The summed E-state index contributed by atoms with van der Waals surface area (Å²) in [6, 6.07) is 2.73. The SMILES string of the molecule is CC(C)CC(C)NS(=O)(=O)c1cc(Cl)cc(CN)c1Cl. The highest BCUT2D eigenvalue weighted by Crippen LogP contribution is 2.29. The minimum Gasteiger partial charge on any atom is -0.326 e. The van der Waals surface area contributed by atoms with Gasteiger partial charge in [0.05, 0.1) is 5.02 Å². The number of sulfonamides is 1. The molecule has 1 aromatic carbocycles. The lowest BCUT2D eigenvalue weighted by Crippen LogP contribution is -2.33. The van der Waals surface area contributed by atoms with Crippen molar-refractivity contribution in [3.05, 3.63) is 27.7 Å². The third-order valence-corrected chi connectivity index (χ3v) is 5.16. The molecule has 0 aliphatic carbocycles. The van der Waals surface area contributed by atoms with Crippen molar-refractivity contribution in [3.8, 4) is 0 Å². The van der Waals surface area contributed by atoms with Crippen LogP contribution in [0.25, 0.3) is 0 Å². The first-order chi connectivity index (χ1) is 9.17. The number of halogens is 2. The van der Waals surface area contributed by atoms with Crippen LogP contribution >= 0.6 is 23.2 Å². The molecular weight excluding hydrogens is 319 g/mol. The first kappa shape index (κ1) is 17.7. The molecule has 20 heavy (non-hydrogen) atoms. The zero-order valence-corrected chi connectivity index (χ0v) is 14.1. The van der Waals surface area contributed by atoms with Gasteiger partial charge in [-0.15, -0.1) is 0 Å². The third-order valence-electron chi connectivity index (χ3n) is 2.77. The zero-order chi connectivity index (χ0) is 15.5. The first-order valence-corrected chi connectivity index (χ1v) is 8.61. The van der Waals surface area contributed by atoms with Gasteiger partial charge in [0.1, 0.15) is 4.90 Å². The van der Waals surface area contributed by atoms with Crippen LogP contribution in [0.3, 0.4) is 0 Å². The van der Waals surface area contributed by atoms with E-state index in [1.165, 1.54) is 6.07 Å². The highest BCUT2D eigenvalue weighted by molar-refractivity contribution is 7.89. The molecule has 0 aliphatic rings. The fourth-order valence-electron chi connectivity index (χ4n) is 2.05. The van der Waals surface area contributed by atoms with Gasteiger partial charge in [-0.3, -0.25) is 0 Å². The van der Waals surface area contributed by atoms with E-state index in [9.17, 15) is 8.42 Å². The molecule has 0 saturated carbocycles. The van der Waals surface area contributed by atoms with Crippen molar-refractivity contribution >= 4 is 33.2 Å². The van der Waals surface area contributed by atoms with Crippen molar-refractivity contribution in [2.45, 2.75) is 44.7 Å². The van der Waals surface area contributed by atoms with Crippen molar-refractivity contribution in [2.24, 2.45) is 11.7 Å². The van der Waals surface area contributed by atoms with E-state index >= 15 is 0 Å². The summed E-state index contributed by atoms with van der Waals surface area (Å²) in [5.74, 6) is 0.391. The maximum atomic E-state index is 12.4. The molecule has 0 heterocycles. The molecule has 114 valence electrons. The maximum absolute atomic E-state index is 12.4. The Bertz CT molecular complexity index is 574. The van der Waals surface area contributed by atoms with E-state index in [2.05, 4.69) is 4.72 Å². The molecule has 0 bridgehead atoms. The zero-order valence-electron chi connectivity index (χ0n) is 11.8. The van der Waals surface area contributed by atoms with Crippen molar-refractivity contribution in [2.75, 3.05) is 0 Å². The summed E-state index contributed by atoms with van der Waals surface area (Å²) in [6.45, 7) is 6.01. The molecule has 0 spiro atoms. The van der Waals surface area contributed by atoms with E-state index < -0.39 is 10.0 Å². The second-order valence-corrected chi connectivity index (χ2v) is 7.73. The number of hydrogen-bond donors (Lipinski definition) is 2. The van der Waals surface area contributed by atoms with E-state index in [0.29, 0.717) is 16.5 Å². The molecule has 1 rings (SSSR count). The molecule has 0 aliphatic heterocycles. The van der Waals surface area contributed by atoms with Crippen LogP contribution in [-0.4, -0.2) is 14.5 Å². The standard InChI is InChI=1S/C13H20Cl2N2O2S/c1-8(2)4-9(3)17-20(18,19)12-6-11(14)5-10(7-16)13(12)15/h5-6,8-9,17H,4,7,16H2,1-3H3. The summed E-state index contributed by atoms with van der Waals surface area (Å²) < 4.78 is 27.4. The second-order valence-electron chi connectivity index (χ2n) is 5.23. The van der Waals surface area contributed by atoms with Gasteiger partial charge < -0.3 is 5.73 Å². The summed E-state index contributed by atoms with van der Waals surface area (Å²) in [5.41, 5.74) is 6.05. The van der Waals surface area contributed by atoms with Gasteiger partial charge in [0.2, 0.25) is 10.0 Å². The van der Waals surface area contributed by atoms with Gasteiger partial charge >= 0.3 is 0 Å². The summed E-state index contributed by atoms with van der Waals surface area (Å²) in [6.07, 6.45) is 0.737. The van der Waals surface area contributed by atoms with Crippen molar-refractivity contribution < 1.29 is 8.42 Å². The number of benzene rings is 1. The quantitative estimate of drug-likeness (QED) is 0.836. The Balaban J connectivity index is 3.13. The molecule has 0 amide bonds. The lowest BCUT2D eigenvalue weighted by atomic mass is 10.1. The van der Waals surface area contributed by atoms with Crippen LogP contribution in [0, 0.1) is 5.92 Å². The Morgan fingerprint density at radius 1 is 1.25 bits per heavy atom. The summed E-state index contributed by atoms with van der Waals surface area (Å²) in [4.78, 5) is -0.0253. The summed E-state index contributed by atoms with van der Waals surface area (Å²) in [7, 11) is -3.71. The van der Waals surface area contributed by atoms with Gasteiger partial charge in [-0.05, 0) is 37.0 Å². The van der Waals surface area contributed by atoms with Crippen LogP contribution in [0.2, 0.25) is 10.0 Å². The van der Waals surface area contributed by atoms with Crippen molar-refractivity contribution in [3.63, 3.8) is 0 Å². The Hall–Kier alpha value is -0.330. The summed E-state index contributed by atoms with van der Waals surface area (Å²) in [5, 5.41) is 0.424. The smallest absolute Gasteiger partial charge is 0.242 e. The van der Waals surface area contributed by atoms with E-state index in [4.69, 9.17) is 28.9 Å². The van der Waals surface area contributed by atoms with Gasteiger partial charge in [0.25, 0.3) is 0 Å². The first-order valence-electron chi connectivity index (χ1n) is 6.37. The molecule has 1 unspecified atom stereocenters. The molecule has 3 N–H and O–H groups in total. The lowest BCUT2D eigenvalue weighted by molar-refractivity contribution is 0.482.